The molecular weight excluding hydrogens is 515 g/mol. The van der Waals surface area contributed by atoms with E-state index in [-0.39, 0.29) is 18.2 Å². The molecule has 1 heterocycles. The smallest absolute Gasteiger partial charge is 0.307 e. The average Bonchev–Trinajstić information content (AvgIpc) is 3.21. The number of furan rings is 1. The Morgan fingerprint density at radius 1 is 1.21 bits per heavy atom. The molecule has 0 aliphatic rings. The van der Waals surface area contributed by atoms with E-state index in [4.69, 9.17) is 25.5 Å². The van der Waals surface area contributed by atoms with Crippen molar-refractivity contribution in [3.63, 3.8) is 0 Å². The number of ether oxygens (including phenoxy) is 2. The maximum Gasteiger partial charge on any atom is 0.307 e. The third-order valence-corrected chi connectivity index (χ3v) is 5.43. The summed E-state index contributed by atoms with van der Waals surface area (Å²) in [7, 11) is 1.51. The number of halogens is 3. The molecule has 0 fully saturated rings. The van der Waals surface area contributed by atoms with Gasteiger partial charge < -0.3 is 13.9 Å². The molecule has 0 radical (unpaired) electrons. The summed E-state index contributed by atoms with van der Waals surface area (Å²) in [6, 6.07) is 16.3. The largest absolute Gasteiger partial charge is 0.493 e. The van der Waals surface area contributed by atoms with Gasteiger partial charge in [-0.2, -0.15) is 5.10 Å². The van der Waals surface area contributed by atoms with Gasteiger partial charge in [-0.1, -0.05) is 23.7 Å². The third kappa shape index (κ3) is 5.53. The number of nitrogens with zero attached hydrogens (tertiary/aromatic N) is 1. The lowest BCUT2D eigenvalue weighted by molar-refractivity contribution is 0.0929. The first kappa shape index (κ1) is 22.8. The molecule has 0 saturated heterocycles. The molecule has 0 unspecified atom stereocenters. The van der Waals surface area contributed by atoms with Crippen molar-refractivity contribution in [2.45, 2.75) is 6.61 Å². The first-order valence-electron chi connectivity index (χ1n) is 9.70. The summed E-state index contributed by atoms with van der Waals surface area (Å²) < 4.78 is 30.7. The van der Waals surface area contributed by atoms with Crippen LogP contribution < -0.4 is 14.9 Å². The van der Waals surface area contributed by atoms with Crippen LogP contribution in [0.3, 0.4) is 0 Å². The van der Waals surface area contributed by atoms with Crippen molar-refractivity contribution >= 4 is 50.6 Å². The molecule has 9 heteroatoms. The fourth-order valence-corrected chi connectivity index (χ4v) is 3.84. The van der Waals surface area contributed by atoms with Crippen LogP contribution in [0, 0.1) is 5.82 Å². The Bertz CT molecular complexity index is 1360. The van der Waals surface area contributed by atoms with Gasteiger partial charge in [0.2, 0.25) is 0 Å². The standard InChI is InChI=1S/C24H17BrClFN2O4/c1-31-21-9-15(8-19(25)23(21)32-13-14-3-2-4-18(27)7-14)12-28-29-24(30)22-11-16-10-17(26)5-6-20(16)33-22/h2-12H,13H2,1H3,(H,29,30)/b28-12+. The second-order valence-corrected chi connectivity index (χ2v) is 8.24. The van der Waals surface area contributed by atoms with E-state index in [1.54, 1.807) is 48.5 Å². The van der Waals surface area contributed by atoms with Gasteiger partial charge in [0.15, 0.2) is 17.3 Å². The van der Waals surface area contributed by atoms with Crippen LogP contribution in [0.1, 0.15) is 21.7 Å². The predicted octanol–water partition coefficient (Wildman–Crippen LogP) is 6.34. The Kier molecular flexibility index (Phi) is 6.96. The Balaban J connectivity index is 1.44. The molecule has 4 rings (SSSR count). The van der Waals surface area contributed by atoms with Gasteiger partial charge in [0.25, 0.3) is 0 Å². The minimum atomic E-state index is -0.500. The fourth-order valence-electron chi connectivity index (χ4n) is 3.08. The number of methoxy groups -OCH3 is 1. The van der Waals surface area contributed by atoms with Crippen LogP contribution >= 0.6 is 27.5 Å². The molecule has 33 heavy (non-hydrogen) atoms. The van der Waals surface area contributed by atoms with E-state index in [0.29, 0.717) is 37.7 Å². The lowest BCUT2D eigenvalue weighted by Gasteiger charge is -2.13. The zero-order valence-corrected chi connectivity index (χ0v) is 19.6. The molecule has 3 aromatic carbocycles. The van der Waals surface area contributed by atoms with Crippen molar-refractivity contribution in [3.8, 4) is 11.5 Å². The molecule has 0 spiro atoms. The fraction of sp³-hybridized carbons (Fsp3) is 0.0833. The number of rotatable bonds is 7. The summed E-state index contributed by atoms with van der Waals surface area (Å²) >= 11 is 9.42. The van der Waals surface area contributed by atoms with Gasteiger partial charge in [-0.25, -0.2) is 9.82 Å². The number of carbonyl (C=O) groups excluding carboxylic acids is 1. The van der Waals surface area contributed by atoms with Crippen LogP contribution in [0.15, 0.2) is 74.7 Å². The Morgan fingerprint density at radius 3 is 2.85 bits per heavy atom. The number of benzene rings is 3. The molecule has 0 aliphatic heterocycles. The molecule has 0 saturated carbocycles. The van der Waals surface area contributed by atoms with Crippen molar-refractivity contribution in [1.29, 1.82) is 0 Å². The minimum Gasteiger partial charge on any atom is -0.493 e. The van der Waals surface area contributed by atoms with Gasteiger partial charge in [0, 0.05) is 10.4 Å². The minimum absolute atomic E-state index is 0.115. The number of hydrazone groups is 1. The maximum atomic E-state index is 13.4. The topological polar surface area (TPSA) is 73.1 Å². The molecule has 1 amide bonds. The lowest BCUT2D eigenvalue weighted by atomic mass is 10.2. The number of nitrogens with one attached hydrogen (secondary N) is 1. The van der Waals surface area contributed by atoms with Gasteiger partial charge in [-0.05, 0) is 75.6 Å². The Labute approximate surface area is 202 Å². The van der Waals surface area contributed by atoms with Gasteiger partial charge in [0.05, 0.1) is 17.8 Å². The predicted molar refractivity (Wildman–Crippen MR) is 128 cm³/mol. The Hall–Kier alpha value is -3.36. The number of fused-ring (bicyclic) bond motifs is 1. The summed E-state index contributed by atoms with van der Waals surface area (Å²) in [5, 5.41) is 5.26. The quantitative estimate of drug-likeness (QED) is 0.223. The molecule has 168 valence electrons. The summed E-state index contributed by atoms with van der Waals surface area (Å²) in [6.45, 7) is 0.166. The molecule has 0 bridgehead atoms. The number of hydrogen-bond acceptors (Lipinski definition) is 5. The molecule has 1 N–H and O–H groups in total. The highest BCUT2D eigenvalue weighted by molar-refractivity contribution is 9.10. The van der Waals surface area contributed by atoms with Gasteiger partial charge in [0.1, 0.15) is 18.0 Å². The van der Waals surface area contributed by atoms with Gasteiger partial charge in [-0.15, -0.1) is 0 Å². The normalized spacial score (nSPS) is 11.2. The van der Waals surface area contributed by atoms with Gasteiger partial charge in [-0.3, -0.25) is 4.79 Å². The van der Waals surface area contributed by atoms with Crippen LogP contribution in [0.5, 0.6) is 11.5 Å². The summed E-state index contributed by atoms with van der Waals surface area (Å²) in [4.78, 5) is 12.3. The highest BCUT2D eigenvalue weighted by atomic mass is 79.9. The molecule has 0 aliphatic carbocycles. The highest BCUT2D eigenvalue weighted by Gasteiger charge is 2.13. The monoisotopic (exact) mass is 530 g/mol. The van der Waals surface area contributed by atoms with Crippen molar-refractivity contribution < 1.29 is 23.1 Å². The van der Waals surface area contributed by atoms with Crippen LogP contribution in [0.2, 0.25) is 5.02 Å². The van der Waals surface area contributed by atoms with E-state index in [1.165, 1.54) is 25.5 Å². The summed E-state index contributed by atoms with van der Waals surface area (Å²) in [6.07, 6.45) is 1.46. The second-order valence-electron chi connectivity index (χ2n) is 6.94. The van der Waals surface area contributed by atoms with Crippen LogP contribution in [-0.4, -0.2) is 19.2 Å². The lowest BCUT2D eigenvalue weighted by Crippen LogP contribution is -2.16. The molecule has 1 aromatic heterocycles. The highest BCUT2D eigenvalue weighted by Crippen LogP contribution is 2.37. The Morgan fingerprint density at radius 2 is 2.06 bits per heavy atom. The van der Waals surface area contributed by atoms with E-state index in [9.17, 15) is 9.18 Å². The van der Waals surface area contributed by atoms with E-state index in [2.05, 4.69) is 26.5 Å². The van der Waals surface area contributed by atoms with Crippen molar-refractivity contribution in [2.75, 3.05) is 7.11 Å². The van der Waals surface area contributed by atoms with Crippen LogP contribution in [0.4, 0.5) is 4.39 Å². The van der Waals surface area contributed by atoms with Gasteiger partial charge >= 0.3 is 5.91 Å². The van der Waals surface area contributed by atoms with Crippen molar-refractivity contribution in [2.24, 2.45) is 5.10 Å². The average molecular weight is 532 g/mol. The number of hydrogen-bond donors (Lipinski definition) is 1. The SMILES string of the molecule is COc1cc(/C=N/NC(=O)c2cc3cc(Cl)ccc3o2)cc(Br)c1OCc1cccc(F)c1. The summed E-state index contributed by atoms with van der Waals surface area (Å²) in [5.74, 6) is 0.192. The van der Waals surface area contributed by atoms with E-state index < -0.39 is 5.91 Å². The van der Waals surface area contributed by atoms with E-state index in [0.717, 1.165) is 5.39 Å². The third-order valence-electron chi connectivity index (χ3n) is 4.61. The zero-order valence-electron chi connectivity index (χ0n) is 17.3. The van der Waals surface area contributed by atoms with E-state index in [1.807, 2.05) is 0 Å². The van der Waals surface area contributed by atoms with Crippen LogP contribution in [-0.2, 0) is 6.61 Å². The number of carbonyl (C=O) groups is 1. The van der Waals surface area contributed by atoms with E-state index >= 15 is 0 Å². The molecule has 6 nitrogen and oxygen atoms in total. The van der Waals surface area contributed by atoms with Crippen LogP contribution in [0.25, 0.3) is 11.0 Å². The molecule has 0 atom stereocenters. The van der Waals surface area contributed by atoms with Crippen molar-refractivity contribution in [1.82, 2.24) is 5.43 Å². The number of amides is 1. The zero-order chi connectivity index (χ0) is 23.4. The molecular formula is C24H17BrClFN2O4. The summed E-state index contributed by atoms with van der Waals surface area (Å²) in [5.41, 5.74) is 4.31. The maximum absolute atomic E-state index is 13.4. The van der Waals surface area contributed by atoms with Crippen molar-refractivity contribution in [3.05, 3.63) is 92.9 Å². The molecule has 4 aromatic rings. The second kappa shape index (κ2) is 10.1. The first-order chi connectivity index (χ1) is 15.9. The first-order valence-corrected chi connectivity index (χ1v) is 10.9.